The molecule has 2 aromatic heterocycles. The Hall–Kier alpha value is -3.91. The fraction of sp³-hybridized carbons (Fsp3) is 0.154. The number of hydrogen-bond acceptors (Lipinski definition) is 6. The number of allylic oxidation sites excluding steroid dienone is 1. The molecule has 1 amide bonds. The van der Waals surface area contributed by atoms with Gasteiger partial charge >= 0.3 is 0 Å². The Morgan fingerprint density at radius 1 is 1.06 bits per heavy atom. The predicted octanol–water partition coefficient (Wildman–Crippen LogP) is 5.44. The van der Waals surface area contributed by atoms with Crippen LogP contribution in [0.2, 0.25) is 0 Å². The second-order valence-electron chi connectivity index (χ2n) is 7.83. The van der Waals surface area contributed by atoms with E-state index < -0.39 is 0 Å². The number of amides is 1. The summed E-state index contributed by atoms with van der Waals surface area (Å²) in [7, 11) is 0. The number of hydrazone groups is 1. The molecule has 0 fully saturated rings. The first-order valence-corrected chi connectivity index (χ1v) is 11.7. The van der Waals surface area contributed by atoms with Gasteiger partial charge in [0.1, 0.15) is 5.76 Å². The molecule has 0 atom stereocenters. The highest BCUT2D eigenvalue weighted by Crippen LogP contribution is 2.28. The first-order chi connectivity index (χ1) is 16.5. The normalized spacial score (nSPS) is 11.8. The van der Waals surface area contributed by atoms with E-state index in [1.807, 2.05) is 92.1 Å². The number of hydrogen-bond donors (Lipinski definition) is 1. The van der Waals surface area contributed by atoms with Crippen LogP contribution in [0, 0.1) is 13.8 Å². The number of carbonyl (C=O) groups is 1. The van der Waals surface area contributed by atoms with Crippen LogP contribution < -0.4 is 5.43 Å². The molecule has 0 spiro atoms. The van der Waals surface area contributed by atoms with Crippen molar-refractivity contribution in [2.24, 2.45) is 5.10 Å². The Kier molecular flexibility index (Phi) is 7.39. The molecule has 4 rings (SSSR count). The van der Waals surface area contributed by atoms with Crippen LogP contribution in [0.15, 0.2) is 87.2 Å². The minimum absolute atomic E-state index is 0.149. The first-order valence-electron chi connectivity index (χ1n) is 10.8. The monoisotopic (exact) mass is 471 g/mol. The van der Waals surface area contributed by atoms with Gasteiger partial charge in [0, 0.05) is 11.3 Å². The Balaban J connectivity index is 1.48. The SMILES string of the molecule is CC(C=NNC(=O)CSc1nnc(-c2ccc(C)cc2)n1-c1ccc(C)cc1)=Cc1ccco1. The van der Waals surface area contributed by atoms with Gasteiger partial charge in [-0.3, -0.25) is 9.36 Å². The van der Waals surface area contributed by atoms with E-state index >= 15 is 0 Å². The van der Waals surface area contributed by atoms with Crippen molar-refractivity contribution >= 4 is 30.0 Å². The molecule has 0 aliphatic carbocycles. The van der Waals surface area contributed by atoms with E-state index in [1.54, 1.807) is 12.5 Å². The van der Waals surface area contributed by atoms with Crippen LogP contribution in [-0.2, 0) is 4.79 Å². The maximum absolute atomic E-state index is 12.4. The van der Waals surface area contributed by atoms with E-state index in [0.29, 0.717) is 5.16 Å². The van der Waals surface area contributed by atoms with Crippen molar-refractivity contribution in [3.05, 3.63) is 89.4 Å². The number of carbonyl (C=O) groups excluding carboxylic acids is 1. The predicted molar refractivity (Wildman–Crippen MR) is 136 cm³/mol. The number of nitrogens with one attached hydrogen (secondary N) is 1. The molecular weight excluding hydrogens is 446 g/mol. The molecule has 8 heteroatoms. The van der Waals surface area contributed by atoms with Gasteiger partial charge in [0.25, 0.3) is 5.91 Å². The van der Waals surface area contributed by atoms with Gasteiger partial charge < -0.3 is 4.42 Å². The lowest BCUT2D eigenvalue weighted by molar-refractivity contribution is -0.118. The summed E-state index contributed by atoms with van der Waals surface area (Å²) in [4.78, 5) is 12.4. The molecule has 0 radical (unpaired) electrons. The van der Waals surface area contributed by atoms with E-state index in [0.717, 1.165) is 34.0 Å². The Morgan fingerprint density at radius 2 is 1.76 bits per heavy atom. The Bertz CT molecular complexity index is 1300. The summed E-state index contributed by atoms with van der Waals surface area (Å²) in [6.07, 6.45) is 5.02. The maximum Gasteiger partial charge on any atom is 0.250 e. The molecule has 172 valence electrons. The molecule has 0 aliphatic rings. The lowest BCUT2D eigenvalue weighted by Crippen LogP contribution is -2.20. The largest absolute Gasteiger partial charge is 0.465 e. The standard InChI is InChI=1S/C26H25N5O2S/c1-18-6-10-21(11-7-18)25-29-30-26(31(25)22-12-8-19(2)9-13-22)34-17-24(32)28-27-16-20(3)15-23-5-4-14-33-23/h4-16H,17H2,1-3H3,(H,28,32). The minimum Gasteiger partial charge on any atom is -0.465 e. The summed E-state index contributed by atoms with van der Waals surface area (Å²) in [5.41, 5.74) is 7.64. The third-order valence-corrected chi connectivity index (χ3v) is 5.87. The Morgan fingerprint density at radius 3 is 2.44 bits per heavy atom. The summed E-state index contributed by atoms with van der Waals surface area (Å²) in [5.74, 6) is 1.37. The number of rotatable bonds is 8. The van der Waals surface area contributed by atoms with Crippen LogP contribution >= 0.6 is 11.8 Å². The molecule has 0 unspecified atom stereocenters. The summed E-state index contributed by atoms with van der Waals surface area (Å²) in [5, 5.41) is 13.5. The topological polar surface area (TPSA) is 85.3 Å². The van der Waals surface area contributed by atoms with Crippen molar-refractivity contribution in [3.8, 4) is 17.1 Å². The molecular formula is C26H25N5O2S. The molecule has 34 heavy (non-hydrogen) atoms. The number of benzene rings is 2. The molecule has 0 saturated carbocycles. The number of thioether (sulfide) groups is 1. The lowest BCUT2D eigenvalue weighted by Gasteiger charge is -2.11. The highest BCUT2D eigenvalue weighted by atomic mass is 32.2. The average Bonchev–Trinajstić information content (AvgIpc) is 3.49. The van der Waals surface area contributed by atoms with Crippen LogP contribution in [-0.4, -0.2) is 32.6 Å². The van der Waals surface area contributed by atoms with E-state index in [-0.39, 0.29) is 11.7 Å². The van der Waals surface area contributed by atoms with Crippen LogP contribution in [0.25, 0.3) is 23.2 Å². The maximum atomic E-state index is 12.4. The van der Waals surface area contributed by atoms with Crippen molar-refractivity contribution < 1.29 is 9.21 Å². The summed E-state index contributed by atoms with van der Waals surface area (Å²) in [6.45, 7) is 5.97. The van der Waals surface area contributed by atoms with Crippen LogP contribution in [0.4, 0.5) is 0 Å². The molecule has 1 N–H and O–H groups in total. The smallest absolute Gasteiger partial charge is 0.250 e. The van der Waals surface area contributed by atoms with Crippen molar-refractivity contribution in [1.82, 2.24) is 20.2 Å². The van der Waals surface area contributed by atoms with Crippen LogP contribution in [0.3, 0.4) is 0 Å². The second kappa shape index (κ2) is 10.8. The first kappa shape index (κ1) is 23.3. The zero-order valence-electron chi connectivity index (χ0n) is 19.2. The molecule has 0 bridgehead atoms. The van der Waals surface area contributed by atoms with Gasteiger partial charge in [0.2, 0.25) is 0 Å². The van der Waals surface area contributed by atoms with Crippen molar-refractivity contribution in [2.75, 3.05) is 5.75 Å². The third kappa shape index (κ3) is 5.90. The number of aromatic nitrogens is 3. The number of aryl methyl sites for hydroxylation is 2. The summed E-state index contributed by atoms with van der Waals surface area (Å²) >= 11 is 1.31. The van der Waals surface area contributed by atoms with Gasteiger partial charge in [0.05, 0.1) is 18.2 Å². The van der Waals surface area contributed by atoms with Gasteiger partial charge in [-0.1, -0.05) is 59.3 Å². The zero-order chi connectivity index (χ0) is 23.9. The van der Waals surface area contributed by atoms with Crippen LogP contribution in [0.1, 0.15) is 23.8 Å². The fourth-order valence-electron chi connectivity index (χ4n) is 3.18. The molecule has 0 aliphatic heterocycles. The van der Waals surface area contributed by atoms with Crippen molar-refractivity contribution in [1.29, 1.82) is 0 Å². The van der Waals surface area contributed by atoms with E-state index in [2.05, 4.69) is 20.7 Å². The summed E-state index contributed by atoms with van der Waals surface area (Å²) < 4.78 is 7.24. The summed E-state index contributed by atoms with van der Waals surface area (Å²) in [6, 6.07) is 19.9. The molecule has 4 aromatic rings. The minimum atomic E-state index is -0.234. The highest BCUT2D eigenvalue weighted by Gasteiger charge is 2.17. The second-order valence-corrected chi connectivity index (χ2v) is 8.77. The quantitative estimate of drug-likeness (QED) is 0.210. The number of furan rings is 1. The third-order valence-electron chi connectivity index (χ3n) is 4.94. The van der Waals surface area contributed by atoms with Gasteiger partial charge in [-0.05, 0) is 56.7 Å². The molecule has 2 aromatic carbocycles. The van der Waals surface area contributed by atoms with Crippen LogP contribution in [0.5, 0.6) is 0 Å². The zero-order valence-corrected chi connectivity index (χ0v) is 20.0. The Labute approximate surface area is 202 Å². The van der Waals surface area contributed by atoms with E-state index in [4.69, 9.17) is 4.42 Å². The van der Waals surface area contributed by atoms with Gasteiger partial charge in [-0.15, -0.1) is 10.2 Å². The van der Waals surface area contributed by atoms with Gasteiger partial charge in [-0.25, -0.2) is 5.43 Å². The van der Waals surface area contributed by atoms with E-state index in [1.165, 1.54) is 17.3 Å². The molecule has 2 heterocycles. The average molecular weight is 472 g/mol. The molecule has 7 nitrogen and oxygen atoms in total. The number of nitrogens with zero attached hydrogens (tertiary/aromatic N) is 4. The van der Waals surface area contributed by atoms with Crippen molar-refractivity contribution in [3.63, 3.8) is 0 Å². The molecule has 0 saturated heterocycles. The lowest BCUT2D eigenvalue weighted by atomic mass is 10.1. The van der Waals surface area contributed by atoms with Gasteiger partial charge in [0.15, 0.2) is 11.0 Å². The van der Waals surface area contributed by atoms with E-state index in [9.17, 15) is 4.79 Å². The van der Waals surface area contributed by atoms with Gasteiger partial charge in [-0.2, -0.15) is 5.10 Å². The fourth-order valence-corrected chi connectivity index (χ4v) is 3.93. The van der Waals surface area contributed by atoms with Crippen molar-refractivity contribution in [2.45, 2.75) is 25.9 Å². The highest BCUT2D eigenvalue weighted by molar-refractivity contribution is 7.99.